The van der Waals surface area contributed by atoms with Gasteiger partial charge in [-0.05, 0) is 25.4 Å². The van der Waals surface area contributed by atoms with Gasteiger partial charge in [-0.2, -0.15) is 8.42 Å². The molecular weight excluding hydrogens is 244 g/mol. The van der Waals surface area contributed by atoms with E-state index in [1.807, 2.05) is 0 Å². The molecule has 0 aliphatic carbocycles. The molecular formula is C7H17NO3SZn. The van der Waals surface area contributed by atoms with Gasteiger partial charge in [-0.3, -0.25) is 4.55 Å². The van der Waals surface area contributed by atoms with Crippen LogP contribution < -0.4 is 5.32 Å². The minimum absolute atomic E-state index is 0. The number of rotatable bonds is 6. The third kappa shape index (κ3) is 15.3. The zero-order chi connectivity index (χ0) is 9.61. The molecule has 13 heavy (non-hydrogen) atoms. The van der Waals surface area contributed by atoms with Crippen molar-refractivity contribution in [1.82, 2.24) is 5.32 Å². The van der Waals surface area contributed by atoms with Crippen molar-refractivity contribution in [2.75, 3.05) is 18.8 Å². The summed E-state index contributed by atoms with van der Waals surface area (Å²) >= 11 is 0. The Morgan fingerprint density at radius 3 is 2.31 bits per heavy atom. The van der Waals surface area contributed by atoms with Crippen molar-refractivity contribution in [3.05, 3.63) is 0 Å². The average molecular weight is 261 g/mol. The Hall–Kier alpha value is 0.493. The van der Waals surface area contributed by atoms with E-state index in [4.69, 9.17) is 4.55 Å². The van der Waals surface area contributed by atoms with E-state index >= 15 is 0 Å². The topological polar surface area (TPSA) is 66.4 Å². The van der Waals surface area contributed by atoms with E-state index < -0.39 is 10.1 Å². The van der Waals surface area contributed by atoms with E-state index in [1.165, 1.54) is 0 Å². The van der Waals surface area contributed by atoms with E-state index in [9.17, 15) is 8.42 Å². The smallest absolute Gasteiger partial charge is 0.264 e. The predicted octanol–water partition coefficient (Wildman–Crippen LogP) is 0.507. The van der Waals surface area contributed by atoms with E-state index in [1.54, 1.807) is 0 Å². The van der Waals surface area contributed by atoms with E-state index in [2.05, 4.69) is 19.2 Å². The molecule has 0 saturated carbocycles. The summed E-state index contributed by atoms with van der Waals surface area (Å²) in [5.74, 6) is 0.411. The second-order valence-electron chi connectivity index (χ2n) is 3.24. The Labute approximate surface area is 93.0 Å². The van der Waals surface area contributed by atoms with Gasteiger partial charge in [0.25, 0.3) is 10.1 Å². The molecule has 0 aromatic heterocycles. The maximum atomic E-state index is 10.3. The maximum Gasteiger partial charge on any atom is 0.264 e. The van der Waals surface area contributed by atoms with Crippen molar-refractivity contribution in [1.29, 1.82) is 0 Å². The van der Waals surface area contributed by atoms with Crippen molar-refractivity contribution in [3.8, 4) is 0 Å². The number of hydrogen-bond donors (Lipinski definition) is 2. The molecule has 0 radical (unpaired) electrons. The van der Waals surface area contributed by atoms with Crippen LogP contribution in [0.25, 0.3) is 0 Å². The molecule has 0 saturated heterocycles. The second kappa shape index (κ2) is 7.86. The Kier molecular flexibility index (Phi) is 9.64. The minimum Gasteiger partial charge on any atom is -0.316 e. The van der Waals surface area contributed by atoms with E-state index in [0.29, 0.717) is 18.9 Å². The SMILES string of the molecule is CC(C)CNCCCS(=O)(=O)O.[Zn]. The molecule has 0 rings (SSSR count). The van der Waals surface area contributed by atoms with Gasteiger partial charge in [0, 0.05) is 19.5 Å². The van der Waals surface area contributed by atoms with Gasteiger partial charge in [0.1, 0.15) is 0 Å². The number of hydrogen-bond acceptors (Lipinski definition) is 3. The first kappa shape index (κ1) is 15.9. The van der Waals surface area contributed by atoms with Crippen molar-refractivity contribution in [3.63, 3.8) is 0 Å². The van der Waals surface area contributed by atoms with Crippen LogP contribution in [0.1, 0.15) is 20.3 Å². The summed E-state index contributed by atoms with van der Waals surface area (Å²) in [6, 6.07) is 0. The molecule has 0 aromatic rings. The Morgan fingerprint density at radius 2 is 1.92 bits per heavy atom. The average Bonchev–Trinajstić information content (AvgIpc) is 1.83. The quantitative estimate of drug-likeness (QED) is 0.415. The molecule has 0 atom stereocenters. The second-order valence-corrected chi connectivity index (χ2v) is 4.81. The molecule has 6 heteroatoms. The van der Waals surface area contributed by atoms with Crippen molar-refractivity contribution >= 4 is 10.1 Å². The van der Waals surface area contributed by atoms with Crippen molar-refractivity contribution in [2.24, 2.45) is 5.92 Å². The first-order valence-corrected chi connectivity index (χ1v) is 5.68. The molecule has 0 heterocycles. The van der Waals surface area contributed by atoms with Gasteiger partial charge < -0.3 is 5.32 Å². The first-order valence-electron chi connectivity index (χ1n) is 4.07. The standard InChI is InChI=1S/C7H17NO3S.Zn/c1-7(2)6-8-4-3-5-12(9,10)11;/h7-8H,3-6H2,1-2H3,(H,9,10,11);. The van der Waals surface area contributed by atoms with Crippen LogP contribution in [-0.4, -0.2) is 31.8 Å². The Morgan fingerprint density at radius 1 is 1.38 bits per heavy atom. The molecule has 0 unspecified atom stereocenters. The number of nitrogens with one attached hydrogen (secondary N) is 1. The van der Waals surface area contributed by atoms with Crippen LogP contribution in [0.4, 0.5) is 0 Å². The first-order chi connectivity index (χ1) is 5.42. The monoisotopic (exact) mass is 259 g/mol. The van der Waals surface area contributed by atoms with Gasteiger partial charge in [0.05, 0.1) is 5.75 Å². The van der Waals surface area contributed by atoms with Gasteiger partial charge in [-0.1, -0.05) is 13.8 Å². The molecule has 0 fully saturated rings. The van der Waals surface area contributed by atoms with E-state index in [-0.39, 0.29) is 25.2 Å². The Bertz CT molecular complexity index is 204. The molecule has 0 aliphatic heterocycles. The minimum atomic E-state index is -3.76. The fraction of sp³-hybridized carbons (Fsp3) is 1.00. The zero-order valence-corrected chi connectivity index (χ0v) is 12.1. The maximum absolute atomic E-state index is 10.3. The van der Waals surface area contributed by atoms with Crippen LogP contribution in [0, 0.1) is 5.92 Å². The van der Waals surface area contributed by atoms with Gasteiger partial charge in [0.15, 0.2) is 0 Å². The zero-order valence-electron chi connectivity index (χ0n) is 8.28. The van der Waals surface area contributed by atoms with Crippen molar-refractivity contribution in [2.45, 2.75) is 20.3 Å². The molecule has 76 valence electrons. The fourth-order valence-electron chi connectivity index (χ4n) is 0.770. The fourth-order valence-corrected chi connectivity index (χ4v) is 1.28. The summed E-state index contributed by atoms with van der Waals surface area (Å²) in [6.45, 7) is 5.68. The molecule has 2 N–H and O–H groups in total. The Balaban J connectivity index is 0. The third-order valence-electron chi connectivity index (χ3n) is 1.31. The predicted molar refractivity (Wildman–Crippen MR) is 48.7 cm³/mol. The van der Waals surface area contributed by atoms with Crippen LogP contribution >= 0.6 is 0 Å². The van der Waals surface area contributed by atoms with Gasteiger partial charge in [-0.15, -0.1) is 0 Å². The summed E-state index contributed by atoms with van der Waals surface area (Å²) in [5.41, 5.74) is 0. The van der Waals surface area contributed by atoms with Gasteiger partial charge in [-0.25, -0.2) is 0 Å². The molecule has 0 spiro atoms. The largest absolute Gasteiger partial charge is 0.316 e. The molecule has 0 aromatic carbocycles. The molecule has 0 bridgehead atoms. The van der Waals surface area contributed by atoms with Gasteiger partial charge >= 0.3 is 0 Å². The normalized spacial score (nSPS) is 11.4. The summed E-state index contributed by atoms with van der Waals surface area (Å²) in [4.78, 5) is 0. The van der Waals surface area contributed by atoms with E-state index in [0.717, 1.165) is 6.54 Å². The summed E-state index contributed by atoms with van der Waals surface area (Å²) < 4.78 is 28.9. The third-order valence-corrected chi connectivity index (χ3v) is 2.11. The summed E-state index contributed by atoms with van der Waals surface area (Å²) in [5, 5.41) is 3.08. The van der Waals surface area contributed by atoms with Crippen LogP contribution in [0.15, 0.2) is 0 Å². The molecule has 4 nitrogen and oxygen atoms in total. The van der Waals surface area contributed by atoms with Crippen LogP contribution in [0.5, 0.6) is 0 Å². The summed E-state index contributed by atoms with van der Waals surface area (Å²) in [6.07, 6.45) is 0.464. The van der Waals surface area contributed by atoms with Crippen LogP contribution in [0.2, 0.25) is 0 Å². The molecule has 0 amide bonds. The van der Waals surface area contributed by atoms with Gasteiger partial charge in [0.2, 0.25) is 0 Å². The summed E-state index contributed by atoms with van der Waals surface area (Å²) in [7, 11) is -3.76. The van der Waals surface area contributed by atoms with Crippen LogP contribution in [-0.2, 0) is 29.6 Å². The molecule has 0 aliphatic rings. The van der Waals surface area contributed by atoms with Crippen molar-refractivity contribution < 1.29 is 32.4 Å². The van der Waals surface area contributed by atoms with Crippen LogP contribution in [0.3, 0.4) is 0 Å².